The molecule has 2 aromatic carbocycles. The standard InChI is InChI=1S/C24H19N3O4S/c1-2-29-23(28)21-18(17-11-6-7-12-19(17)31-21)15-32-24-26-25-22(20-13-8-14-30-20)27(24)16-9-4-3-5-10-16/h3-14H,2,15H2,1H3. The largest absolute Gasteiger partial charge is 0.461 e. The normalized spacial score (nSPS) is 11.2. The van der Waals surface area contributed by atoms with Crippen LogP contribution in [-0.4, -0.2) is 27.3 Å². The first kappa shape index (κ1) is 20.1. The predicted octanol–water partition coefficient (Wildman–Crippen LogP) is 5.74. The van der Waals surface area contributed by atoms with E-state index >= 15 is 0 Å². The number of thioether (sulfide) groups is 1. The third-order valence-electron chi connectivity index (χ3n) is 4.89. The van der Waals surface area contributed by atoms with Gasteiger partial charge in [-0.3, -0.25) is 4.57 Å². The smallest absolute Gasteiger partial charge is 0.374 e. The van der Waals surface area contributed by atoms with Gasteiger partial charge in [-0.2, -0.15) is 0 Å². The number of carbonyl (C=O) groups is 1. The summed E-state index contributed by atoms with van der Waals surface area (Å²) in [5.74, 6) is 1.42. The van der Waals surface area contributed by atoms with Crippen LogP contribution in [0.1, 0.15) is 23.0 Å². The molecular weight excluding hydrogens is 426 g/mol. The van der Waals surface area contributed by atoms with E-state index < -0.39 is 5.97 Å². The minimum Gasteiger partial charge on any atom is -0.461 e. The lowest BCUT2D eigenvalue weighted by molar-refractivity contribution is 0.0491. The van der Waals surface area contributed by atoms with Crippen molar-refractivity contribution in [2.45, 2.75) is 17.8 Å². The zero-order valence-corrected chi connectivity index (χ0v) is 18.0. The summed E-state index contributed by atoms with van der Waals surface area (Å²) in [5, 5.41) is 10.3. The molecule has 0 saturated carbocycles. The average Bonchev–Trinajstić information content (AvgIpc) is 3.56. The van der Waals surface area contributed by atoms with Crippen LogP contribution in [0.25, 0.3) is 28.2 Å². The molecule has 0 bridgehead atoms. The Morgan fingerprint density at radius 3 is 2.62 bits per heavy atom. The average molecular weight is 446 g/mol. The summed E-state index contributed by atoms with van der Waals surface area (Å²) in [4.78, 5) is 12.5. The number of nitrogens with zero attached hydrogens (tertiary/aromatic N) is 3. The molecular formula is C24H19N3O4S. The van der Waals surface area contributed by atoms with E-state index in [4.69, 9.17) is 13.6 Å². The molecule has 8 heteroatoms. The van der Waals surface area contributed by atoms with Crippen LogP contribution in [0.4, 0.5) is 0 Å². The minimum atomic E-state index is -0.472. The summed E-state index contributed by atoms with van der Waals surface area (Å²) < 4.78 is 18.6. The second-order valence-electron chi connectivity index (χ2n) is 6.87. The van der Waals surface area contributed by atoms with Gasteiger partial charge in [-0.15, -0.1) is 10.2 Å². The molecule has 0 saturated heterocycles. The lowest BCUT2D eigenvalue weighted by Crippen LogP contribution is -2.06. The third kappa shape index (κ3) is 3.69. The number of hydrogen-bond donors (Lipinski definition) is 0. The molecule has 0 N–H and O–H groups in total. The van der Waals surface area contributed by atoms with Crippen molar-refractivity contribution >= 4 is 28.7 Å². The lowest BCUT2D eigenvalue weighted by atomic mass is 10.1. The molecule has 0 aliphatic carbocycles. The van der Waals surface area contributed by atoms with Crippen LogP contribution in [0.15, 0.2) is 87.0 Å². The molecule has 3 aromatic heterocycles. The van der Waals surface area contributed by atoms with Crippen molar-refractivity contribution in [1.29, 1.82) is 0 Å². The molecule has 3 heterocycles. The number of rotatable bonds is 7. The summed E-state index contributed by atoms with van der Waals surface area (Å²) in [5.41, 5.74) is 2.33. The highest BCUT2D eigenvalue weighted by Crippen LogP contribution is 2.34. The van der Waals surface area contributed by atoms with Crippen molar-refractivity contribution in [1.82, 2.24) is 14.8 Å². The molecule has 160 valence electrons. The number of fused-ring (bicyclic) bond motifs is 1. The Labute approximate surface area is 188 Å². The monoisotopic (exact) mass is 445 g/mol. The maximum absolute atomic E-state index is 12.5. The van der Waals surface area contributed by atoms with Gasteiger partial charge in [-0.25, -0.2) is 4.79 Å². The van der Waals surface area contributed by atoms with E-state index in [0.29, 0.717) is 28.1 Å². The number of para-hydroxylation sites is 2. The minimum absolute atomic E-state index is 0.220. The number of furan rings is 2. The van der Waals surface area contributed by atoms with Crippen molar-refractivity contribution in [3.05, 3.63) is 84.3 Å². The highest BCUT2D eigenvalue weighted by atomic mass is 32.2. The Kier molecular flexibility index (Phi) is 5.51. The van der Waals surface area contributed by atoms with Crippen LogP contribution in [0.3, 0.4) is 0 Å². The van der Waals surface area contributed by atoms with Gasteiger partial charge in [0.2, 0.25) is 11.6 Å². The number of ether oxygens (including phenoxy) is 1. The molecule has 0 atom stereocenters. The first-order valence-corrected chi connectivity index (χ1v) is 11.1. The molecule has 0 fully saturated rings. The van der Waals surface area contributed by atoms with Gasteiger partial charge in [-0.1, -0.05) is 48.2 Å². The zero-order valence-electron chi connectivity index (χ0n) is 17.2. The second-order valence-corrected chi connectivity index (χ2v) is 7.81. The van der Waals surface area contributed by atoms with Crippen molar-refractivity contribution in [2.24, 2.45) is 0 Å². The number of esters is 1. The van der Waals surface area contributed by atoms with Gasteiger partial charge < -0.3 is 13.6 Å². The summed E-state index contributed by atoms with van der Waals surface area (Å²) in [6, 6.07) is 21.1. The Morgan fingerprint density at radius 1 is 1.03 bits per heavy atom. The fourth-order valence-corrected chi connectivity index (χ4v) is 4.46. The van der Waals surface area contributed by atoms with Crippen molar-refractivity contribution in [2.75, 3.05) is 6.61 Å². The quantitative estimate of drug-likeness (QED) is 0.233. The topological polar surface area (TPSA) is 83.3 Å². The number of benzene rings is 2. The molecule has 5 aromatic rings. The van der Waals surface area contributed by atoms with Gasteiger partial charge in [0.1, 0.15) is 5.58 Å². The summed E-state index contributed by atoms with van der Waals surface area (Å²) >= 11 is 1.46. The number of hydrogen-bond acceptors (Lipinski definition) is 7. The van der Waals surface area contributed by atoms with Crippen molar-refractivity contribution < 1.29 is 18.4 Å². The van der Waals surface area contributed by atoms with E-state index in [2.05, 4.69) is 10.2 Å². The Bertz CT molecular complexity index is 1360. The first-order chi connectivity index (χ1) is 15.8. The molecule has 32 heavy (non-hydrogen) atoms. The highest BCUT2D eigenvalue weighted by molar-refractivity contribution is 7.98. The number of aromatic nitrogens is 3. The molecule has 7 nitrogen and oxygen atoms in total. The van der Waals surface area contributed by atoms with Gasteiger partial charge in [-0.05, 0) is 37.3 Å². The fraction of sp³-hybridized carbons (Fsp3) is 0.125. The maximum atomic E-state index is 12.5. The van der Waals surface area contributed by atoms with E-state index in [1.165, 1.54) is 11.8 Å². The van der Waals surface area contributed by atoms with E-state index in [1.807, 2.05) is 71.3 Å². The summed E-state index contributed by atoms with van der Waals surface area (Å²) in [7, 11) is 0. The zero-order chi connectivity index (χ0) is 21.9. The Morgan fingerprint density at radius 2 is 1.84 bits per heavy atom. The Hall–Kier alpha value is -3.78. The Balaban J connectivity index is 1.54. The van der Waals surface area contributed by atoms with Crippen LogP contribution < -0.4 is 0 Å². The molecule has 0 aliphatic rings. The first-order valence-electron chi connectivity index (χ1n) is 10.1. The van der Waals surface area contributed by atoms with Gasteiger partial charge in [0.25, 0.3) is 0 Å². The molecule has 0 amide bonds. The maximum Gasteiger partial charge on any atom is 0.374 e. The van der Waals surface area contributed by atoms with Crippen LogP contribution in [0.5, 0.6) is 0 Å². The van der Waals surface area contributed by atoms with E-state index in [1.54, 1.807) is 13.2 Å². The summed E-state index contributed by atoms with van der Waals surface area (Å²) in [6.07, 6.45) is 1.61. The highest BCUT2D eigenvalue weighted by Gasteiger charge is 2.24. The van der Waals surface area contributed by atoms with E-state index in [9.17, 15) is 4.79 Å². The molecule has 0 aliphatic heterocycles. The SMILES string of the molecule is CCOC(=O)c1oc2ccccc2c1CSc1nnc(-c2ccco2)n1-c1ccccc1. The summed E-state index contributed by atoms with van der Waals surface area (Å²) in [6.45, 7) is 2.05. The van der Waals surface area contributed by atoms with Crippen molar-refractivity contribution in [3.63, 3.8) is 0 Å². The lowest BCUT2D eigenvalue weighted by Gasteiger charge is -2.09. The van der Waals surface area contributed by atoms with Crippen molar-refractivity contribution in [3.8, 4) is 17.3 Å². The van der Waals surface area contributed by atoms with Gasteiger partial charge in [0.15, 0.2) is 10.9 Å². The second kappa shape index (κ2) is 8.76. The third-order valence-corrected chi connectivity index (χ3v) is 5.85. The molecule has 0 spiro atoms. The molecule has 5 rings (SSSR count). The number of carbonyl (C=O) groups excluding carboxylic acids is 1. The molecule has 0 radical (unpaired) electrons. The van der Waals surface area contributed by atoms with Gasteiger partial charge in [0.05, 0.1) is 12.9 Å². The van der Waals surface area contributed by atoms with Gasteiger partial charge in [0, 0.05) is 22.4 Å². The fourth-order valence-electron chi connectivity index (χ4n) is 3.48. The predicted molar refractivity (Wildman–Crippen MR) is 121 cm³/mol. The van der Waals surface area contributed by atoms with Crippen LogP contribution in [0.2, 0.25) is 0 Å². The van der Waals surface area contributed by atoms with Gasteiger partial charge >= 0.3 is 5.97 Å². The van der Waals surface area contributed by atoms with E-state index in [0.717, 1.165) is 16.6 Å². The van der Waals surface area contributed by atoms with Crippen LogP contribution in [0, 0.1) is 0 Å². The van der Waals surface area contributed by atoms with Crippen LogP contribution >= 0.6 is 11.8 Å². The van der Waals surface area contributed by atoms with E-state index in [-0.39, 0.29) is 12.4 Å². The van der Waals surface area contributed by atoms with Crippen LogP contribution in [-0.2, 0) is 10.5 Å². The molecule has 0 unspecified atom stereocenters.